The predicted molar refractivity (Wildman–Crippen MR) is 76.9 cm³/mol. The Morgan fingerprint density at radius 2 is 2.10 bits per heavy atom. The number of aryl methyl sites for hydroxylation is 1. The second-order valence-electron chi connectivity index (χ2n) is 4.40. The highest BCUT2D eigenvalue weighted by molar-refractivity contribution is 6.30. The van der Waals surface area contributed by atoms with E-state index < -0.39 is 11.8 Å². The maximum absolute atomic E-state index is 13.7. The molecule has 0 aliphatic carbocycles. The molecule has 0 aliphatic rings. The summed E-state index contributed by atoms with van der Waals surface area (Å²) in [5.41, 5.74) is 2.16. The summed E-state index contributed by atoms with van der Waals surface area (Å²) >= 11 is 5.71. The fourth-order valence-corrected chi connectivity index (χ4v) is 2.02. The largest absolute Gasteiger partial charge is 0.478 e. The maximum Gasteiger partial charge on any atom is 0.335 e. The van der Waals surface area contributed by atoms with Crippen LogP contribution in [0.25, 0.3) is 0 Å². The zero-order valence-electron chi connectivity index (χ0n) is 10.8. The second kappa shape index (κ2) is 5.92. The molecule has 0 aromatic heterocycles. The summed E-state index contributed by atoms with van der Waals surface area (Å²) in [5.74, 6) is -1.46. The Morgan fingerprint density at radius 3 is 2.80 bits per heavy atom. The van der Waals surface area contributed by atoms with Crippen molar-refractivity contribution in [2.24, 2.45) is 0 Å². The Bertz CT molecular complexity index is 658. The minimum absolute atomic E-state index is 0.0697. The standard InChI is InChI=1S/C15H13ClFNO2/c1-9-5-6-10(15(19)20)7-13(9)18-8-11-3-2-4-12(16)14(11)17/h2-7,18H,8H2,1H3,(H,19,20). The zero-order valence-corrected chi connectivity index (χ0v) is 11.5. The van der Waals surface area contributed by atoms with Crippen molar-refractivity contribution in [1.29, 1.82) is 0 Å². The van der Waals surface area contributed by atoms with Gasteiger partial charge in [-0.05, 0) is 30.7 Å². The molecule has 0 spiro atoms. The van der Waals surface area contributed by atoms with Gasteiger partial charge < -0.3 is 10.4 Å². The highest BCUT2D eigenvalue weighted by Gasteiger charge is 2.08. The van der Waals surface area contributed by atoms with Gasteiger partial charge in [-0.25, -0.2) is 9.18 Å². The van der Waals surface area contributed by atoms with E-state index in [0.29, 0.717) is 11.3 Å². The lowest BCUT2D eigenvalue weighted by molar-refractivity contribution is 0.0697. The lowest BCUT2D eigenvalue weighted by Gasteiger charge is -2.11. The summed E-state index contributed by atoms with van der Waals surface area (Å²) < 4.78 is 13.7. The third-order valence-electron chi connectivity index (χ3n) is 2.99. The summed E-state index contributed by atoms with van der Waals surface area (Å²) in [7, 11) is 0. The molecule has 0 aliphatic heterocycles. The van der Waals surface area contributed by atoms with Crippen LogP contribution in [0.3, 0.4) is 0 Å². The van der Waals surface area contributed by atoms with Crippen LogP contribution in [0.2, 0.25) is 5.02 Å². The van der Waals surface area contributed by atoms with Crippen molar-refractivity contribution in [3.8, 4) is 0 Å². The molecular weight excluding hydrogens is 281 g/mol. The average Bonchev–Trinajstić information content (AvgIpc) is 2.41. The molecule has 2 N–H and O–H groups in total. The minimum Gasteiger partial charge on any atom is -0.478 e. The van der Waals surface area contributed by atoms with Gasteiger partial charge in [0.25, 0.3) is 0 Å². The maximum atomic E-state index is 13.7. The van der Waals surface area contributed by atoms with E-state index in [0.717, 1.165) is 5.56 Å². The molecule has 0 radical (unpaired) electrons. The van der Waals surface area contributed by atoms with Gasteiger partial charge in [-0.1, -0.05) is 29.8 Å². The van der Waals surface area contributed by atoms with Crippen LogP contribution < -0.4 is 5.32 Å². The number of hydrogen-bond acceptors (Lipinski definition) is 2. The average molecular weight is 294 g/mol. The fraction of sp³-hybridized carbons (Fsp3) is 0.133. The number of halogens is 2. The Morgan fingerprint density at radius 1 is 1.35 bits per heavy atom. The third kappa shape index (κ3) is 3.08. The molecule has 0 saturated heterocycles. The van der Waals surface area contributed by atoms with Crippen molar-refractivity contribution in [3.63, 3.8) is 0 Å². The van der Waals surface area contributed by atoms with Gasteiger partial charge in [0.1, 0.15) is 5.82 Å². The molecule has 104 valence electrons. The van der Waals surface area contributed by atoms with Crippen LogP contribution in [0, 0.1) is 12.7 Å². The smallest absolute Gasteiger partial charge is 0.335 e. The second-order valence-corrected chi connectivity index (χ2v) is 4.81. The molecule has 20 heavy (non-hydrogen) atoms. The van der Waals surface area contributed by atoms with E-state index in [2.05, 4.69) is 5.32 Å². The molecule has 0 atom stereocenters. The van der Waals surface area contributed by atoms with E-state index in [1.807, 2.05) is 6.92 Å². The summed E-state index contributed by atoms with van der Waals surface area (Å²) in [5, 5.41) is 12.1. The molecule has 2 aromatic rings. The number of nitrogens with one attached hydrogen (secondary N) is 1. The van der Waals surface area contributed by atoms with Crippen molar-refractivity contribution < 1.29 is 14.3 Å². The first-order valence-electron chi connectivity index (χ1n) is 5.99. The van der Waals surface area contributed by atoms with Crippen LogP contribution in [0.1, 0.15) is 21.5 Å². The third-order valence-corrected chi connectivity index (χ3v) is 3.28. The molecule has 3 nitrogen and oxygen atoms in total. The topological polar surface area (TPSA) is 49.3 Å². The summed E-state index contributed by atoms with van der Waals surface area (Å²) in [6.07, 6.45) is 0. The fourth-order valence-electron chi connectivity index (χ4n) is 1.82. The van der Waals surface area contributed by atoms with Gasteiger partial charge in [-0.3, -0.25) is 0 Å². The van der Waals surface area contributed by atoms with E-state index in [1.165, 1.54) is 18.2 Å². The number of carboxylic acids is 1. The van der Waals surface area contributed by atoms with Crippen LogP contribution in [0.4, 0.5) is 10.1 Å². The van der Waals surface area contributed by atoms with Crippen molar-refractivity contribution in [2.45, 2.75) is 13.5 Å². The van der Waals surface area contributed by atoms with Crippen molar-refractivity contribution >= 4 is 23.3 Å². The molecule has 2 aromatic carbocycles. The Kier molecular flexibility index (Phi) is 4.25. The van der Waals surface area contributed by atoms with E-state index in [9.17, 15) is 9.18 Å². The van der Waals surface area contributed by atoms with Crippen LogP contribution in [0.15, 0.2) is 36.4 Å². The number of rotatable bonds is 4. The summed E-state index contributed by atoms with van der Waals surface area (Å²) in [6, 6.07) is 9.55. The van der Waals surface area contributed by atoms with Crippen LogP contribution in [0.5, 0.6) is 0 Å². The first-order valence-corrected chi connectivity index (χ1v) is 6.37. The normalized spacial score (nSPS) is 10.3. The number of carbonyl (C=O) groups is 1. The number of benzene rings is 2. The number of aromatic carboxylic acids is 1. The van der Waals surface area contributed by atoms with Gasteiger partial charge in [-0.2, -0.15) is 0 Å². The van der Waals surface area contributed by atoms with Gasteiger partial charge in [0.2, 0.25) is 0 Å². The summed E-state index contributed by atoms with van der Waals surface area (Å²) in [6.45, 7) is 2.08. The molecule has 2 rings (SSSR count). The summed E-state index contributed by atoms with van der Waals surface area (Å²) in [4.78, 5) is 10.9. The highest BCUT2D eigenvalue weighted by atomic mass is 35.5. The van der Waals surface area contributed by atoms with Crippen LogP contribution >= 0.6 is 11.6 Å². The van der Waals surface area contributed by atoms with Crippen LogP contribution in [-0.2, 0) is 6.54 Å². The lowest BCUT2D eigenvalue weighted by atomic mass is 10.1. The number of anilines is 1. The minimum atomic E-state index is -0.998. The SMILES string of the molecule is Cc1ccc(C(=O)O)cc1NCc1cccc(Cl)c1F. The molecule has 0 saturated carbocycles. The lowest BCUT2D eigenvalue weighted by Crippen LogP contribution is -2.05. The monoisotopic (exact) mass is 293 g/mol. The van der Waals surface area contributed by atoms with Crippen molar-refractivity contribution in [1.82, 2.24) is 0 Å². The van der Waals surface area contributed by atoms with Gasteiger partial charge in [0.05, 0.1) is 10.6 Å². The van der Waals surface area contributed by atoms with Gasteiger partial charge in [0, 0.05) is 17.8 Å². The molecule has 5 heteroatoms. The van der Waals surface area contributed by atoms with Crippen molar-refractivity contribution in [3.05, 3.63) is 63.9 Å². The highest BCUT2D eigenvalue weighted by Crippen LogP contribution is 2.21. The van der Waals surface area contributed by atoms with Crippen LogP contribution in [-0.4, -0.2) is 11.1 Å². The first-order chi connectivity index (χ1) is 9.49. The Balaban J connectivity index is 2.20. The van der Waals surface area contributed by atoms with E-state index in [-0.39, 0.29) is 17.1 Å². The quantitative estimate of drug-likeness (QED) is 0.892. The molecule has 0 bridgehead atoms. The molecule has 0 amide bonds. The van der Waals surface area contributed by atoms with Gasteiger partial charge >= 0.3 is 5.97 Å². The molecule has 0 unspecified atom stereocenters. The Hall–Kier alpha value is -2.07. The number of carboxylic acid groups (broad SMARTS) is 1. The Labute approximate surface area is 121 Å². The van der Waals surface area contributed by atoms with E-state index in [4.69, 9.17) is 16.7 Å². The van der Waals surface area contributed by atoms with Gasteiger partial charge in [-0.15, -0.1) is 0 Å². The molecule has 0 fully saturated rings. The number of hydrogen-bond donors (Lipinski definition) is 2. The molecule has 0 heterocycles. The molecular formula is C15H13ClFNO2. The predicted octanol–water partition coefficient (Wildman–Crippen LogP) is 4.10. The van der Waals surface area contributed by atoms with Gasteiger partial charge in [0.15, 0.2) is 0 Å². The van der Waals surface area contributed by atoms with Crippen molar-refractivity contribution in [2.75, 3.05) is 5.32 Å². The zero-order chi connectivity index (χ0) is 14.7. The van der Waals surface area contributed by atoms with E-state index >= 15 is 0 Å². The van der Waals surface area contributed by atoms with E-state index in [1.54, 1.807) is 18.2 Å². The first kappa shape index (κ1) is 14.3.